The van der Waals surface area contributed by atoms with Gasteiger partial charge in [0.15, 0.2) is 6.10 Å². The van der Waals surface area contributed by atoms with Gasteiger partial charge in [-0.15, -0.1) is 0 Å². The number of oxime groups is 1. The van der Waals surface area contributed by atoms with E-state index in [1.807, 2.05) is 56.3 Å². The molecule has 0 amide bonds. The van der Waals surface area contributed by atoms with Crippen LogP contribution in [-0.4, -0.2) is 31.0 Å². The summed E-state index contributed by atoms with van der Waals surface area (Å²) in [4.78, 5) is 11.6. The van der Waals surface area contributed by atoms with Crippen LogP contribution in [0.25, 0.3) is 0 Å². The lowest BCUT2D eigenvalue weighted by molar-refractivity contribution is 0.0829. The van der Waals surface area contributed by atoms with Gasteiger partial charge in [-0.2, -0.15) is 0 Å². The van der Waals surface area contributed by atoms with Crippen molar-refractivity contribution in [3.05, 3.63) is 65.0 Å². The van der Waals surface area contributed by atoms with Crippen molar-refractivity contribution in [2.75, 3.05) is 14.1 Å². The molecular weight excluding hydrogens is 305 g/mol. The molecule has 124 valence electrons. The third kappa shape index (κ3) is 3.45. The molecule has 0 N–H and O–H groups in total. The van der Waals surface area contributed by atoms with Crippen LogP contribution >= 0.6 is 0 Å². The average molecular weight is 325 g/mol. The molecule has 1 unspecified atom stereocenters. The van der Waals surface area contributed by atoms with Crippen molar-refractivity contribution in [3.8, 4) is 0 Å². The van der Waals surface area contributed by atoms with E-state index in [-0.39, 0.29) is 5.82 Å². The number of hydrogen-bond acceptors (Lipinski definition) is 3. The van der Waals surface area contributed by atoms with Gasteiger partial charge in [-0.05, 0) is 24.1 Å². The van der Waals surface area contributed by atoms with Crippen LogP contribution in [0.1, 0.15) is 29.2 Å². The Hall–Kier alpha value is -2.69. The van der Waals surface area contributed by atoms with E-state index in [2.05, 4.69) is 10.1 Å². The largest absolute Gasteiger partial charge is 0.387 e. The summed E-state index contributed by atoms with van der Waals surface area (Å²) in [5.41, 5.74) is 3.89. The minimum absolute atomic E-state index is 0.319. The van der Waals surface area contributed by atoms with Crippen LogP contribution in [0.2, 0.25) is 0 Å². The minimum atomic E-state index is -0.397. The van der Waals surface area contributed by atoms with E-state index in [9.17, 15) is 4.39 Å². The molecule has 2 aromatic carbocycles. The highest BCUT2D eigenvalue weighted by atomic mass is 19.1. The number of benzene rings is 2. The zero-order valence-electron chi connectivity index (χ0n) is 14.0. The van der Waals surface area contributed by atoms with E-state index in [1.54, 1.807) is 12.4 Å². The lowest BCUT2D eigenvalue weighted by atomic mass is 9.98. The summed E-state index contributed by atoms with van der Waals surface area (Å²) in [5.74, 6) is -0.319. The molecular formula is C19H20FN3O. The first-order chi connectivity index (χ1) is 11.5. The predicted molar refractivity (Wildman–Crippen MR) is 94.4 cm³/mol. The number of aliphatic imine (C=N–C) groups is 1. The van der Waals surface area contributed by atoms with Crippen LogP contribution in [-0.2, 0) is 4.84 Å². The van der Waals surface area contributed by atoms with Gasteiger partial charge >= 0.3 is 0 Å². The van der Waals surface area contributed by atoms with Crippen molar-refractivity contribution in [3.63, 3.8) is 0 Å². The number of halogens is 1. The van der Waals surface area contributed by atoms with Gasteiger partial charge in [0, 0.05) is 32.1 Å². The highest BCUT2D eigenvalue weighted by molar-refractivity contribution is 6.01. The Bertz CT molecular complexity index is 785. The highest BCUT2D eigenvalue weighted by Gasteiger charge is 2.27. The maximum Gasteiger partial charge on any atom is 0.161 e. The molecule has 1 atom stereocenters. The fraction of sp³-hybridized carbons (Fsp3) is 0.263. The quantitative estimate of drug-likeness (QED) is 0.623. The number of rotatable bonds is 4. The Morgan fingerprint density at radius 3 is 2.71 bits per heavy atom. The van der Waals surface area contributed by atoms with Crippen LogP contribution in [0.5, 0.6) is 0 Å². The fourth-order valence-corrected chi connectivity index (χ4v) is 2.60. The summed E-state index contributed by atoms with van der Waals surface area (Å²) < 4.78 is 14.5. The van der Waals surface area contributed by atoms with Crippen molar-refractivity contribution in [2.24, 2.45) is 10.1 Å². The Morgan fingerprint density at radius 1 is 1.25 bits per heavy atom. The molecule has 1 heterocycles. The van der Waals surface area contributed by atoms with Crippen LogP contribution in [0.3, 0.4) is 0 Å². The second-order valence-electron chi connectivity index (χ2n) is 6.07. The van der Waals surface area contributed by atoms with Gasteiger partial charge in [0.05, 0.1) is 17.7 Å². The molecule has 0 aliphatic carbocycles. The smallest absolute Gasteiger partial charge is 0.161 e. The summed E-state index contributed by atoms with van der Waals surface area (Å²) >= 11 is 0. The third-order valence-corrected chi connectivity index (χ3v) is 3.87. The Morgan fingerprint density at radius 2 is 2.00 bits per heavy atom. The van der Waals surface area contributed by atoms with Gasteiger partial charge in [0.1, 0.15) is 5.82 Å². The van der Waals surface area contributed by atoms with E-state index < -0.39 is 6.10 Å². The maximum atomic E-state index is 14.5. The summed E-state index contributed by atoms with van der Waals surface area (Å²) in [6.45, 7) is 1.92. The predicted octanol–water partition coefficient (Wildman–Crippen LogP) is 4.22. The first-order valence-electron chi connectivity index (χ1n) is 7.83. The van der Waals surface area contributed by atoms with Crippen LogP contribution in [0.4, 0.5) is 10.1 Å². The van der Waals surface area contributed by atoms with Gasteiger partial charge in [0.2, 0.25) is 0 Å². The lowest BCUT2D eigenvalue weighted by Gasteiger charge is -2.12. The van der Waals surface area contributed by atoms with Crippen molar-refractivity contribution in [1.82, 2.24) is 4.90 Å². The van der Waals surface area contributed by atoms with Crippen molar-refractivity contribution < 1.29 is 9.23 Å². The molecule has 0 aromatic heterocycles. The Balaban J connectivity index is 1.81. The van der Waals surface area contributed by atoms with Crippen molar-refractivity contribution >= 4 is 17.7 Å². The van der Waals surface area contributed by atoms with E-state index >= 15 is 0 Å². The summed E-state index contributed by atoms with van der Waals surface area (Å²) in [5, 5.41) is 4.13. The van der Waals surface area contributed by atoms with Gasteiger partial charge in [-0.1, -0.05) is 35.5 Å². The molecule has 0 spiro atoms. The van der Waals surface area contributed by atoms with E-state index in [0.717, 1.165) is 16.8 Å². The molecule has 5 heteroatoms. The third-order valence-electron chi connectivity index (χ3n) is 3.87. The van der Waals surface area contributed by atoms with Crippen LogP contribution in [0.15, 0.2) is 52.6 Å². The molecule has 0 saturated carbocycles. The Kier molecular flexibility index (Phi) is 4.60. The van der Waals surface area contributed by atoms with Crippen LogP contribution in [0, 0.1) is 12.7 Å². The molecule has 1 aliphatic heterocycles. The number of aryl methyl sites for hydroxylation is 1. The maximum absolute atomic E-state index is 14.5. The zero-order chi connectivity index (χ0) is 17.1. The molecule has 24 heavy (non-hydrogen) atoms. The summed E-state index contributed by atoms with van der Waals surface area (Å²) in [6, 6.07) is 13.1. The Labute approximate surface area is 141 Å². The molecule has 0 fully saturated rings. The molecule has 4 nitrogen and oxygen atoms in total. The van der Waals surface area contributed by atoms with Gasteiger partial charge in [-0.3, -0.25) is 0 Å². The second-order valence-corrected chi connectivity index (χ2v) is 6.07. The lowest BCUT2D eigenvalue weighted by Crippen LogP contribution is -2.07. The number of nitrogens with zero attached hydrogens (tertiary/aromatic N) is 3. The van der Waals surface area contributed by atoms with E-state index in [4.69, 9.17) is 4.84 Å². The first-order valence-corrected chi connectivity index (χ1v) is 7.83. The molecule has 2 aromatic rings. The van der Waals surface area contributed by atoms with E-state index in [1.165, 1.54) is 6.07 Å². The van der Waals surface area contributed by atoms with Crippen molar-refractivity contribution in [1.29, 1.82) is 0 Å². The fourth-order valence-electron chi connectivity index (χ4n) is 2.60. The highest BCUT2D eigenvalue weighted by Crippen LogP contribution is 2.34. The first kappa shape index (κ1) is 16.2. The number of hydrogen-bond donors (Lipinski definition) is 0. The molecule has 3 rings (SSSR count). The monoisotopic (exact) mass is 325 g/mol. The van der Waals surface area contributed by atoms with Gasteiger partial charge < -0.3 is 9.74 Å². The van der Waals surface area contributed by atoms with Crippen LogP contribution < -0.4 is 0 Å². The minimum Gasteiger partial charge on any atom is -0.387 e. The topological polar surface area (TPSA) is 37.2 Å². The average Bonchev–Trinajstić information content (AvgIpc) is 3.05. The normalized spacial score (nSPS) is 17.0. The SMILES string of the molecule is Cc1cc(C2CC(c3ccccc3)=NO2)c(F)cc1/N=C\N(C)C. The summed E-state index contributed by atoms with van der Waals surface area (Å²) in [6.07, 6.45) is 1.82. The molecule has 0 saturated heterocycles. The van der Waals surface area contributed by atoms with E-state index in [0.29, 0.717) is 17.7 Å². The van der Waals surface area contributed by atoms with Gasteiger partial charge in [-0.25, -0.2) is 9.38 Å². The second kappa shape index (κ2) is 6.83. The molecule has 0 radical (unpaired) electrons. The standard InChI is InChI=1S/C19H20FN3O/c1-13-9-15(16(20)10-17(13)21-12-23(2)3)19-11-18(22-24-19)14-7-5-4-6-8-14/h4-10,12,19H,11H2,1-3H3/b21-12-. The molecule has 0 bridgehead atoms. The zero-order valence-corrected chi connectivity index (χ0v) is 14.0. The van der Waals surface area contributed by atoms with Crippen molar-refractivity contribution in [2.45, 2.75) is 19.4 Å². The van der Waals surface area contributed by atoms with Gasteiger partial charge in [0.25, 0.3) is 0 Å². The summed E-state index contributed by atoms with van der Waals surface area (Å²) in [7, 11) is 3.75. The molecule has 1 aliphatic rings.